The number of rotatable bonds is 2. The van der Waals surface area contributed by atoms with E-state index in [9.17, 15) is 9.90 Å². The van der Waals surface area contributed by atoms with Gasteiger partial charge in [0.2, 0.25) is 0 Å². The number of halogens is 1. The van der Waals surface area contributed by atoms with Gasteiger partial charge in [-0.05, 0) is 12.1 Å². The molecule has 1 aromatic heterocycles. The number of β-amino-alcohol motifs (C(OH)–C–C–N with tert-alkyl or cyclic N) is 1. The van der Waals surface area contributed by atoms with Gasteiger partial charge in [-0.15, -0.1) is 0 Å². The highest BCUT2D eigenvalue weighted by atomic mass is 35.5. The number of aliphatic hydroxyl groups is 1. The third kappa shape index (κ3) is 3.34. The Bertz CT molecular complexity index is 469. The lowest BCUT2D eigenvalue weighted by Gasteiger charge is -2.24. The summed E-state index contributed by atoms with van der Waals surface area (Å²) in [5, 5.41) is 9.95. The van der Waals surface area contributed by atoms with Gasteiger partial charge in [0.15, 0.2) is 5.69 Å². The van der Waals surface area contributed by atoms with Crippen LogP contribution in [0, 0.1) is 0 Å². The van der Waals surface area contributed by atoms with Crippen LogP contribution in [-0.2, 0) is 9.47 Å². The zero-order valence-corrected chi connectivity index (χ0v) is 11.3. The van der Waals surface area contributed by atoms with E-state index in [1.807, 2.05) is 4.90 Å². The number of methoxy groups -OCH3 is 1. The molecule has 0 amide bonds. The van der Waals surface area contributed by atoms with Crippen LogP contribution in [0.4, 0.5) is 5.69 Å². The minimum Gasteiger partial charge on any atom is -0.464 e. The molecule has 0 bridgehead atoms. The normalized spacial score (nSPS) is 19.9. The molecule has 0 aromatic carbocycles. The molecule has 6 nitrogen and oxygen atoms in total. The van der Waals surface area contributed by atoms with Crippen LogP contribution in [0.2, 0.25) is 5.15 Å². The molecule has 1 aromatic rings. The van der Waals surface area contributed by atoms with Gasteiger partial charge in [0.25, 0.3) is 0 Å². The smallest absolute Gasteiger partial charge is 0.358 e. The van der Waals surface area contributed by atoms with Gasteiger partial charge in [0.05, 0.1) is 32.1 Å². The molecule has 1 aliphatic rings. The summed E-state index contributed by atoms with van der Waals surface area (Å²) in [6, 6.07) is 3.29. The molecule has 0 radical (unpaired) electrons. The maximum Gasteiger partial charge on any atom is 0.358 e. The second kappa shape index (κ2) is 6.18. The number of nitrogens with zero attached hydrogens (tertiary/aromatic N) is 2. The summed E-state index contributed by atoms with van der Waals surface area (Å²) < 4.78 is 9.95. The number of carbonyl (C=O) groups excluding carboxylic acids is 1. The second-order valence-corrected chi connectivity index (χ2v) is 4.56. The Morgan fingerprint density at radius 1 is 1.63 bits per heavy atom. The highest BCUT2D eigenvalue weighted by molar-refractivity contribution is 6.29. The minimum atomic E-state index is -0.608. The highest BCUT2D eigenvalue weighted by Gasteiger charge is 2.23. The van der Waals surface area contributed by atoms with Crippen LogP contribution in [0.3, 0.4) is 0 Å². The van der Waals surface area contributed by atoms with E-state index in [1.54, 1.807) is 12.1 Å². The van der Waals surface area contributed by atoms with Gasteiger partial charge in [-0.25, -0.2) is 9.78 Å². The van der Waals surface area contributed by atoms with Crippen LogP contribution in [0.5, 0.6) is 0 Å². The molecular weight excluding hydrogens is 272 g/mol. The summed E-state index contributed by atoms with van der Waals surface area (Å²) in [7, 11) is 1.29. The molecule has 0 aliphatic carbocycles. The van der Waals surface area contributed by atoms with Gasteiger partial charge in [-0.1, -0.05) is 11.6 Å². The molecule has 104 valence electrons. The molecule has 1 atom stereocenters. The fourth-order valence-electron chi connectivity index (χ4n) is 1.94. The van der Waals surface area contributed by atoms with Crippen molar-refractivity contribution >= 4 is 23.3 Å². The highest BCUT2D eigenvalue weighted by Crippen LogP contribution is 2.23. The standard InChI is InChI=1S/C12H15ClN2O4/c1-18-12(17)11-9(2-3-10(13)14-11)15-4-5-19-7-8(16)6-15/h2-3,8,16H,4-7H2,1H3. The van der Waals surface area contributed by atoms with Crippen molar-refractivity contribution in [2.75, 3.05) is 38.3 Å². The lowest BCUT2D eigenvalue weighted by molar-refractivity contribution is 0.0590. The Morgan fingerprint density at radius 3 is 3.16 bits per heavy atom. The number of aliphatic hydroxyl groups excluding tert-OH is 1. The first-order chi connectivity index (χ1) is 9.11. The third-order valence-corrected chi connectivity index (χ3v) is 3.02. The summed E-state index contributed by atoms with van der Waals surface area (Å²) in [5.41, 5.74) is 0.727. The van der Waals surface area contributed by atoms with Gasteiger partial charge >= 0.3 is 5.97 Å². The zero-order chi connectivity index (χ0) is 13.8. The van der Waals surface area contributed by atoms with Crippen LogP contribution in [0.25, 0.3) is 0 Å². The number of hydrogen-bond donors (Lipinski definition) is 1. The Morgan fingerprint density at radius 2 is 2.42 bits per heavy atom. The maximum absolute atomic E-state index is 11.7. The van der Waals surface area contributed by atoms with Crippen LogP contribution in [-0.4, -0.2) is 55.6 Å². The third-order valence-electron chi connectivity index (χ3n) is 2.81. The summed E-state index contributed by atoms with van der Waals surface area (Å²) >= 11 is 5.81. The van der Waals surface area contributed by atoms with Crippen LogP contribution >= 0.6 is 11.6 Å². The lowest BCUT2D eigenvalue weighted by atomic mass is 10.2. The fraction of sp³-hybridized carbons (Fsp3) is 0.500. The van der Waals surface area contributed by atoms with Crippen LogP contribution in [0.15, 0.2) is 12.1 Å². The molecule has 1 N–H and O–H groups in total. The van der Waals surface area contributed by atoms with Gasteiger partial charge in [-0.2, -0.15) is 0 Å². The van der Waals surface area contributed by atoms with Crippen molar-refractivity contribution in [1.29, 1.82) is 0 Å². The largest absolute Gasteiger partial charge is 0.464 e. The molecule has 2 rings (SSSR count). The van der Waals surface area contributed by atoms with Crippen molar-refractivity contribution in [3.63, 3.8) is 0 Å². The Labute approximate surface area is 115 Å². The molecule has 0 saturated carbocycles. The maximum atomic E-state index is 11.7. The first kappa shape index (κ1) is 14.0. The Balaban J connectivity index is 2.34. The number of hydrogen-bond acceptors (Lipinski definition) is 6. The number of aromatic nitrogens is 1. The second-order valence-electron chi connectivity index (χ2n) is 4.17. The van der Waals surface area contributed by atoms with Gasteiger partial charge in [0.1, 0.15) is 5.15 Å². The van der Waals surface area contributed by atoms with Crippen LogP contribution < -0.4 is 4.90 Å². The SMILES string of the molecule is COC(=O)c1nc(Cl)ccc1N1CCOCC(O)C1. The van der Waals surface area contributed by atoms with Crippen molar-refractivity contribution in [2.45, 2.75) is 6.10 Å². The van der Waals surface area contributed by atoms with Crippen LogP contribution in [0.1, 0.15) is 10.5 Å². The van der Waals surface area contributed by atoms with E-state index < -0.39 is 12.1 Å². The van der Waals surface area contributed by atoms with E-state index in [0.717, 1.165) is 0 Å². The van der Waals surface area contributed by atoms with Gasteiger partial charge in [-0.3, -0.25) is 0 Å². The van der Waals surface area contributed by atoms with E-state index in [1.165, 1.54) is 7.11 Å². The van der Waals surface area contributed by atoms with E-state index >= 15 is 0 Å². The first-order valence-corrected chi connectivity index (χ1v) is 6.25. The summed E-state index contributed by atoms with van der Waals surface area (Å²) in [6.45, 7) is 1.68. The molecule has 1 saturated heterocycles. The lowest BCUT2D eigenvalue weighted by Crippen LogP contribution is -2.34. The zero-order valence-electron chi connectivity index (χ0n) is 10.5. The van der Waals surface area contributed by atoms with Crippen molar-refractivity contribution in [3.05, 3.63) is 23.0 Å². The molecule has 7 heteroatoms. The topological polar surface area (TPSA) is 71.9 Å². The monoisotopic (exact) mass is 286 g/mol. The average molecular weight is 287 g/mol. The Kier molecular flexibility index (Phi) is 4.57. The van der Waals surface area contributed by atoms with Gasteiger partial charge < -0.3 is 19.5 Å². The summed E-state index contributed by atoms with van der Waals surface area (Å²) in [4.78, 5) is 17.6. The molecular formula is C12H15ClN2O4. The van der Waals surface area contributed by atoms with Gasteiger partial charge in [0, 0.05) is 13.1 Å². The molecule has 0 spiro atoms. The number of anilines is 1. The molecule has 2 heterocycles. The molecule has 1 unspecified atom stereocenters. The first-order valence-electron chi connectivity index (χ1n) is 5.87. The Hall–Kier alpha value is -1.37. The predicted molar refractivity (Wildman–Crippen MR) is 69.6 cm³/mol. The molecule has 1 aliphatic heterocycles. The number of carbonyl (C=O) groups is 1. The number of ether oxygens (including phenoxy) is 2. The van der Waals surface area contributed by atoms with E-state index in [4.69, 9.17) is 21.1 Å². The van der Waals surface area contributed by atoms with E-state index in [0.29, 0.717) is 25.4 Å². The average Bonchev–Trinajstić information content (AvgIpc) is 2.62. The summed E-state index contributed by atoms with van der Waals surface area (Å²) in [5.74, 6) is -0.558. The molecule has 19 heavy (non-hydrogen) atoms. The van der Waals surface area contributed by atoms with Crippen molar-refractivity contribution in [3.8, 4) is 0 Å². The quantitative estimate of drug-likeness (QED) is 0.638. The predicted octanol–water partition coefficient (Wildman–Crippen LogP) is 0.719. The van der Waals surface area contributed by atoms with E-state index in [2.05, 4.69) is 4.98 Å². The minimum absolute atomic E-state index is 0.143. The van der Waals surface area contributed by atoms with Crippen molar-refractivity contribution < 1.29 is 19.4 Å². The molecule has 1 fully saturated rings. The van der Waals surface area contributed by atoms with Crippen molar-refractivity contribution in [2.24, 2.45) is 0 Å². The van der Waals surface area contributed by atoms with Crippen molar-refractivity contribution in [1.82, 2.24) is 4.98 Å². The fourth-order valence-corrected chi connectivity index (χ4v) is 2.09. The summed E-state index contributed by atoms with van der Waals surface area (Å²) in [6.07, 6.45) is -0.608. The number of pyridine rings is 1. The van der Waals surface area contributed by atoms with E-state index in [-0.39, 0.29) is 17.5 Å². The number of esters is 1.